The maximum Gasteiger partial charge on any atom is 0.303 e. The standard InChI is InChI=1S/C22H27ClO6/c23-15-6-5-7-17(12-15)29-14-16(24)10-11-19-18(20(25)13-21(19)26)8-3-1-2-4-9-22(27)28/h2-3,5-7,10-12,16,18-21,24-26H,4,8-9,13-14H2,(H,27,28). The van der Waals surface area contributed by atoms with Crippen LogP contribution >= 0.6 is 11.6 Å². The molecule has 1 aromatic rings. The van der Waals surface area contributed by atoms with Crippen molar-refractivity contribution >= 4 is 17.6 Å². The molecule has 4 N–H and O–H groups in total. The molecule has 29 heavy (non-hydrogen) atoms. The van der Waals surface area contributed by atoms with Crippen LogP contribution in [-0.4, -0.2) is 51.3 Å². The number of ether oxygens (including phenoxy) is 1. The van der Waals surface area contributed by atoms with Crippen molar-refractivity contribution in [3.05, 3.63) is 59.3 Å². The Morgan fingerprint density at radius 1 is 1.31 bits per heavy atom. The first-order valence-electron chi connectivity index (χ1n) is 9.59. The Kier molecular flexibility index (Phi) is 9.45. The maximum absolute atomic E-state index is 10.5. The average Bonchev–Trinajstić information content (AvgIpc) is 2.93. The lowest BCUT2D eigenvalue weighted by atomic mass is 9.90. The minimum Gasteiger partial charge on any atom is -0.491 e. The van der Waals surface area contributed by atoms with E-state index in [9.17, 15) is 20.1 Å². The van der Waals surface area contributed by atoms with Gasteiger partial charge in [0.05, 0.1) is 12.2 Å². The molecule has 1 aliphatic rings. The summed E-state index contributed by atoms with van der Waals surface area (Å²) in [6.45, 7) is 0.0408. The second-order valence-corrected chi connectivity index (χ2v) is 7.51. The number of hydrogen-bond donors (Lipinski definition) is 4. The SMILES string of the molecule is O=C(O)CCC=C=CCC1C(O)CC(O)C1C=CC(O)COc1cccc(Cl)c1. The number of carboxylic acid groups (broad SMARTS) is 1. The smallest absolute Gasteiger partial charge is 0.303 e. The average molecular weight is 423 g/mol. The molecule has 0 heterocycles. The van der Waals surface area contributed by atoms with Crippen LogP contribution in [0.4, 0.5) is 0 Å². The summed E-state index contributed by atoms with van der Waals surface area (Å²) >= 11 is 5.89. The molecule has 1 saturated carbocycles. The van der Waals surface area contributed by atoms with Crippen LogP contribution in [0.15, 0.2) is 54.3 Å². The Labute approximate surface area is 175 Å². The van der Waals surface area contributed by atoms with Gasteiger partial charge >= 0.3 is 5.97 Å². The van der Waals surface area contributed by atoms with Crippen LogP contribution in [0.1, 0.15) is 25.7 Å². The normalized spacial score (nSPS) is 24.8. The van der Waals surface area contributed by atoms with E-state index in [1.165, 1.54) is 0 Å². The van der Waals surface area contributed by atoms with Crippen molar-refractivity contribution in [1.82, 2.24) is 0 Å². The number of aliphatic hydroxyl groups is 3. The lowest BCUT2D eigenvalue weighted by Crippen LogP contribution is -2.21. The molecule has 0 aromatic heterocycles. The zero-order valence-corrected chi connectivity index (χ0v) is 16.8. The molecular formula is C22H27ClO6. The Hall–Kier alpha value is -2.08. The molecule has 1 fully saturated rings. The summed E-state index contributed by atoms with van der Waals surface area (Å²) in [5.74, 6) is -0.815. The molecule has 5 atom stereocenters. The molecular weight excluding hydrogens is 396 g/mol. The predicted molar refractivity (Wildman–Crippen MR) is 110 cm³/mol. The number of carboxylic acids is 1. The van der Waals surface area contributed by atoms with Crippen molar-refractivity contribution in [1.29, 1.82) is 0 Å². The van der Waals surface area contributed by atoms with Crippen molar-refractivity contribution in [2.75, 3.05) is 6.61 Å². The zero-order chi connectivity index (χ0) is 21.2. The van der Waals surface area contributed by atoms with Crippen molar-refractivity contribution in [2.24, 2.45) is 11.8 Å². The van der Waals surface area contributed by atoms with Gasteiger partial charge in [-0.05, 0) is 49.1 Å². The number of aliphatic carboxylic acids is 1. The molecule has 158 valence electrons. The van der Waals surface area contributed by atoms with Gasteiger partial charge in [0, 0.05) is 23.8 Å². The van der Waals surface area contributed by atoms with Crippen molar-refractivity contribution in [2.45, 2.75) is 44.0 Å². The van der Waals surface area contributed by atoms with Crippen molar-refractivity contribution in [3.63, 3.8) is 0 Å². The zero-order valence-electron chi connectivity index (χ0n) is 16.0. The molecule has 7 heteroatoms. The summed E-state index contributed by atoms with van der Waals surface area (Å²) in [5, 5.41) is 39.7. The highest BCUT2D eigenvalue weighted by atomic mass is 35.5. The number of allylic oxidation sites excluding steroid dienone is 1. The fourth-order valence-electron chi connectivity index (χ4n) is 3.32. The lowest BCUT2D eigenvalue weighted by Gasteiger charge is -2.19. The molecule has 5 unspecified atom stereocenters. The number of rotatable bonds is 10. The van der Waals surface area contributed by atoms with Crippen molar-refractivity contribution in [3.8, 4) is 5.75 Å². The summed E-state index contributed by atoms with van der Waals surface area (Å²) in [4.78, 5) is 10.5. The number of benzene rings is 1. The Morgan fingerprint density at radius 2 is 2.10 bits per heavy atom. The monoisotopic (exact) mass is 422 g/mol. The molecule has 1 aromatic carbocycles. The molecule has 1 aliphatic carbocycles. The van der Waals surface area contributed by atoms with E-state index in [0.717, 1.165) is 0 Å². The van der Waals surface area contributed by atoms with E-state index in [0.29, 0.717) is 23.6 Å². The molecule has 0 spiro atoms. The topological polar surface area (TPSA) is 107 Å². The second-order valence-electron chi connectivity index (χ2n) is 7.08. The van der Waals surface area contributed by atoms with Gasteiger partial charge in [-0.2, -0.15) is 0 Å². The van der Waals surface area contributed by atoms with Crippen LogP contribution in [0.5, 0.6) is 5.75 Å². The quantitative estimate of drug-likeness (QED) is 0.341. The van der Waals surface area contributed by atoms with Crippen LogP contribution in [0, 0.1) is 11.8 Å². The van der Waals surface area contributed by atoms with Gasteiger partial charge in [-0.3, -0.25) is 4.79 Å². The first-order chi connectivity index (χ1) is 13.9. The van der Waals surface area contributed by atoms with Gasteiger partial charge in [-0.25, -0.2) is 0 Å². The van der Waals surface area contributed by atoms with E-state index >= 15 is 0 Å². The third-order valence-electron chi connectivity index (χ3n) is 4.82. The largest absolute Gasteiger partial charge is 0.491 e. The van der Waals surface area contributed by atoms with E-state index in [1.54, 1.807) is 48.6 Å². The molecule has 2 rings (SSSR count). The number of carbonyl (C=O) groups is 1. The highest BCUT2D eigenvalue weighted by molar-refractivity contribution is 6.30. The Morgan fingerprint density at radius 3 is 2.83 bits per heavy atom. The van der Waals surface area contributed by atoms with Gasteiger partial charge in [0.2, 0.25) is 0 Å². The van der Waals surface area contributed by atoms with Crippen LogP contribution in [0.25, 0.3) is 0 Å². The van der Waals surface area contributed by atoms with Gasteiger partial charge in [-0.15, -0.1) is 5.73 Å². The van der Waals surface area contributed by atoms with E-state index in [-0.39, 0.29) is 31.3 Å². The summed E-state index contributed by atoms with van der Waals surface area (Å²) in [7, 11) is 0. The maximum atomic E-state index is 10.5. The van der Waals surface area contributed by atoms with Crippen LogP contribution in [0.2, 0.25) is 5.02 Å². The molecule has 0 bridgehead atoms. The third kappa shape index (κ3) is 8.05. The highest BCUT2D eigenvalue weighted by Crippen LogP contribution is 2.36. The minimum absolute atomic E-state index is 0.0408. The highest BCUT2D eigenvalue weighted by Gasteiger charge is 2.39. The van der Waals surface area contributed by atoms with Gasteiger partial charge in [0.1, 0.15) is 18.5 Å². The van der Waals surface area contributed by atoms with Gasteiger partial charge in [-0.1, -0.05) is 29.8 Å². The first-order valence-corrected chi connectivity index (χ1v) is 9.96. The van der Waals surface area contributed by atoms with Gasteiger partial charge in [0.15, 0.2) is 0 Å². The summed E-state index contributed by atoms with van der Waals surface area (Å²) < 4.78 is 5.50. The summed E-state index contributed by atoms with van der Waals surface area (Å²) in [6.07, 6.45) is 5.66. The molecule has 6 nitrogen and oxygen atoms in total. The second kappa shape index (κ2) is 11.8. The molecule has 0 aliphatic heterocycles. The Bertz CT molecular complexity index is 755. The van der Waals surface area contributed by atoms with Gasteiger partial charge < -0.3 is 25.2 Å². The molecule has 0 amide bonds. The molecule has 0 saturated heterocycles. The minimum atomic E-state index is -0.869. The van der Waals surface area contributed by atoms with E-state index in [4.69, 9.17) is 21.4 Å². The van der Waals surface area contributed by atoms with E-state index in [1.807, 2.05) is 0 Å². The first kappa shape index (κ1) is 23.2. The fraction of sp³-hybridized carbons (Fsp3) is 0.455. The van der Waals surface area contributed by atoms with Crippen LogP contribution < -0.4 is 4.74 Å². The number of hydrogen-bond acceptors (Lipinski definition) is 5. The predicted octanol–water partition coefficient (Wildman–Crippen LogP) is 2.96. The van der Waals surface area contributed by atoms with Crippen LogP contribution in [0.3, 0.4) is 0 Å². The Balaban J connectivity index is 1.88. The molecule has 0 radical (unpaired) electrons. The number of aliphatic hydroxyl groups excluding tert-OH is 3. The fourth-order valence-corrected chi connectivity index (χ4v) is 3.50. The van der Waals surface area contributed by atoms with Crippen molar-refractivity contribution < 1.29 is 30.0 Å². The third-order valence-corrected chi connectivity index (χ3v) is 5.05. The van der Waals surface area contributed by atoms with Gasteiger partial charge in [0.25, 0.3) is 0 Å². The summed E-state index contributed by atoms with van der Waals surface area (Å²) in [6, 6.07) is 6.88. The number of halogens is 1. The summed E-state index contributed by atoms with van der Waals surface area (Å²) in [5.41, 5.74) is 2.92. The van der Waals surface area contributed by atoms with E-state index < -0.39 is 24.3 Å². The lowest BCUT2D eigenvalue weighted by molar-refractivity contribution is -0.136. The van der Waals surface area contributed by atoms with Crippen LogP contribution in [-0.2, 0) is 4.79 Å². The van der Waals surface area contributed by atoms with E-state index in [2.05, 4.69) is 5.73 Å².